The van der Waals surface area contributed by atoms with Crippen molar-refractivity contribution >= 4 is 29.1 Å². The topological polar surface area (TPSA) is 12.4 Å². The average molecular weight is 251 g/mol. The Hall–Kier alpha value is -0.630. The van der Waals surface area contributed by atoms with E-state index in [0.29, 0.717) is 0 Å². The second-order valence-electron chi connectivity index (χ2n) is 3.72. The van der Waals surface area contributed by atoms with Crippen molar-refractivity contribution in [3.8, 4) is 0 Å². The van der Waals surface area contributed by atoms with Gasteiger partial charge in [0.2, 0.25) is 0 Å². The molecule has 16 heavy (non-hydrogen) atoms. The van der Waals surface area contributed by atoms with E-state index in [0.717, 1.165) is 18.7 Å². The van der Waals surface area contributed by atoms with Gasteiger partial charge in [-0.2, -0.15) is 11.8 Å². The van der Waals surface area contributed by atoms with E-state index in [2.05, 4.69) is 53.6 Å². The molecule has 0 unspecified atom stereocenters. The van der Waals surface area contributed by atoms with Crippen LogP contribution in [-0.4, -0.2) is 17.5 Å². The van der Waals surface area contributed by atoms with Crippen LogP contribution in [0.2, 0.25) is 0 Å². The molecule has 1 rings (SSSR count). The number of aliphatic imine (C=N–C) groups is 1. The maximum Gasteiger partial charge on any atom is 0.0584 e. The third-order valence-corrected chi connectivity index (χ3v) is 3.51. The van der Waals surface area contributed by atoms with Gasteiger partial charge in [0.15, 0.2) is 0 Å². The van der Waals surface area contributed by atoms with Crippen molar-refractivity contribution in [3.63, 3.8) is 0 Å². The van der Waals surface area contributed by atoms with Gasteiger partial charge in [-0.15, -0.1) is 0 Å². The van der Waals surface area contributed by atoms with Gasteiger partial charge < -0.3 is 0 Å². The Morgan fingerprint density at radius 3 is 2.69 bits per heavy atom. The van der Waals surface area contributed by atoms with Crippen molar-refractivity contribution in [2.75, 3.05) is 12.3 Å². The third kappa shape index (κ3) is 6.06. The smallest absolute Gasteiger partial charge is 0.0584 e. The van der Waals surface area contributed by atoms with E-state index in [-0.39, 0.29) is 0 Å². The Labute approximate surface area is 107 Å². The van der Waals surface area contributed by atoms with Gasteiger partial charge >= 0.3 is 0 Å². The van der Waals surface area contributed by atoms with Crippen LogP contribution in [0.3, 0.4) is 0 Å². The Morgan fingerprint density at radius 1 is 1.25 bits per heavy atom. The van der Waals surface area contributed by atoms with Crippen LogP contribution in [0, 0.1) is 6.92 Å². The molecule has 86 valence electrons. The number of hydrogen-bond acceptors (Lipinski definition) is 3. The van der Waals surface area contributed by atoms with Crippen molar-refractivity contribution in [1.82, 2.24) is 0 Å². The fourth-order valence-electron chi connectivity index (χ4n) is 1.31. The minimum atomic E-state index is 0.828. The molecule has 0 saturated heterocycles. The van der Waals surface area contributed by atoms with Gasteiger partial charge in [0, 0.05) is 12.3 Å². The first-order chi connectivity index (χ1) is 7.83. The molecule has 1 nitrogen and oxygen atoms in total. The van der Waals surface area contributed by atoms with Crippen LogP contribution < -0.4 is 0 Å². The molecule has 0 N–H and O–H groups in total. The van der Waals surface area contributed by atoms with Crippen molar-refractivity contribution in [1.29, 1.82) is 0 Å². The van der Waals surface area contributed by atoms with Gasteiger partial charge in [-0.25, -0.2) is 4.99 Å². The largest absolute Gasteiger partial charge is 0.233 e. The number of nitrogens with zero attached hydrogens (tertiary/aromatic N) is 1. The lowest BCUT2D eigenvalue weighted by molar-refractivity contribution is 0.819. The summed E-state index contributed by atoms with van der Waals surface area (Å²) in [6.07, 6.45) is 2.32. The first kappa shape index (κ1) is 13.4. The second kappa shape index (κ2) is 8.51. The van der Waals surface area contributed by atoms with E-state index in [1.807, 2.05) is 11.8 Å². The van der Waals surface area contributed by atoms with Gasteiger partial charge in [-0.1, -0.05) is 29.8 Å². The van der Waals surface area contributed by atoms with Crippen LogP contribution in [0.4, 0.5) is 0 Å². The lowest BCUT2D eigenvalue weighted by atomic mass is 10.2. The molecule has 0 aliphatic carbocycles. The molecular weight excluding hydrogens is 234 g/mol. The average Bonchev–Trinajstić information content (AvgIpc) is 2.30. The van der Waals surface area contributed by atoms with Crippen LogP contribution in [0.25, 0.3) is 0 Å². The lowest BCUT2D eigenvalue weighted by Gasteiger charge is -2.01. The number of benzene rings is 1. The van der Waals surface area contributed by atoms with Gasteiger partial charge in [0.05, 0.1) is 5.16 Å². The molecule has 0 bridgehead atoms. The van der Waals surface area contributed by atoms with Crippen LogP contribution >= 0.6 is 24.0 Å². The fourth-order valence-corrected chi connectivity index (χ4v) is 2.39. The van der Waals surface area contributed by atoms with Gasteiger partial charge in [0.1, 0.15) is 0 Å². The number of aryl methyl sites for hydroxylation is 1. The zero-order valence-corrected chi connectivity index (χ0v) is 11.2. The molecule has 0 saturated carbocycles. The Morgan fingerprint density at radius 2 is 2.00 bits per heavy atom. The Bertz CT molecular complexity index is 339. The van der Waals surface area contributed by atoms with Gasteiger partial charge in [0.25, 0.3) is 0 Å². The summed E-state index contributed by atoms with van der Waals surface area (Å²) in [7, 11) is 0. The summed E-state index contributed by atoms with van der Waals surface area (Å²) in [6.45, 7) is 2.95. The Kier molecular flexibility index (Phi) is 7.15. The summed E-state index contributed by atoms with van der Waals surface area (Å²) in [6, 6.07) is 8.76. The highest BCUT2D eigenvalue weighted by Crippen LogP contribution is 2.14. The summed E-state index contributed by atoms with van der Waals surface area (Å²) in [5, 5.41) is 2.39. The Balaban J connectivity index is 2.07. The van der Waals surface area contributed by atoms with E-state index in [4.69, 9.17) is 0 Å². The molecule has 0 radical (unpaired) electrons. The van der Waals surface area contributed by atoms with Crippen molar-refractivity contribution in [2.24, 2.45) is 4.99 Å². The number of isothiocyanates is 1. The summed E-state index contributed by atoms with van der Waals surface area (Å²) in [4.78, 5) is 3.89. The van der Waals surface area contributed by atoms with E-state index >= 15 is 0 Å². The van der Waals surface area contributed by atoms with E-state index in [9.17, 15) is 0 Å². The third-order valence-electron chi connectivity index (χ3n) is 2.26. The quantitative estimate of drug-likeness (QED) is 0.411. The molecule has 0 aliphatic heterocycles. The molecule has 1 aromatic carbocycles. The first-order valence-corrected chi connectivity index (χ1v) is 7.06. The maximum absolute atomic E-state index is 4.51. The SMILES string of the molecule is Cc1ccc(CSCCCCN=C=S)cc1. The zero-order valence-electron chi connectivity index (χ0n) is 9.61. The van der Waals surface area contributed by atoms with E-state index in [1.165, 1.54) is 23.3 Å². The molecule has 0 atom stereocenters. The second-order valence-corrected chi connectivity index (χ2v) is 5.01. The van der Waals surface area contributed by atoms with Crippen LogP contribution in [0.5, 0.6) is 0 Å². The minimum Gasteiger partial charge on any atom is -0.233 e. The lowest BCUT2D eigenvalue weighted by Crippen LogP contribution is -1.86. The number of rotatable bonds is 7. The van der Waals surface area contributed by atoms with Crippen molar-refractivity contribution in [2.45, 2.75) is 25.5 Å². The summed E-state index contributed by atoms with van der Waals surface area (Å²) < 4.78 is 0. The molecule has 0 spiro atoms. The predicted octanol–water partition coefficient (Wildman–Crippen LogP) is 4.11. The molecular formula is C13H17NS2. The van der Waals surface area contributed by atoms with Crippen molar-refractivity contribution in [3.05, 3.63) is 35.4 Å². The maximum atomic E-state index is 4.51. The number of thioether (sulfide) groups is 1. The van der Waals surface area contributed by atoms with E-state index < -0.39 is 0 Å². The van der Waals surface area contributed by atoms with Crippen molar-refractivity contribution < 1.29 is 0 Å². The van der Waals surface area contributed by atoms with Gasteiger partial charge in [-0.05, 0) is 43.3 Å². The number of thiocarbonyl (C=S) groups is 1. The standard InChI is InChI=1S/C13H17NS2/c1-12-4-6-13(7-5-12)10-16-9-3-2-8-14-11-15/h4-7H,2-3,8-10H2,1H3. The highest BCUT2D eigenvalue weighted by Gasteiger charge is 1.93. The summed E-state index contributed by atoms with van der Waals surface area (Å²) in [5.74, 6) is 2.30. The minimum absolute atomic E-state index is 0.828. The highest BCUT2D eigenvalue weighted by molar-refractivity contribution is 7.98. The fraction of sp³-hybridized carbons (Fsp3) is 0.462. The first-order valence-electron chi connectivity index (χ1n) is 5.50. The molecule has 0 amide bonds. The molecule has 1 aromatic rings. The zero-order chi connectivity index (χ0) is 11.6. The molecule has 0 aromatic heterocycles. The molecule has 0 fully saturated rings. The highest BCUT2D eigenvalue weighted by atomic mass is 32.2. The summed E-state index contributed by atoms with van der Waals surface area (Å²) >= 11 is 6.49. The van der Waals surface area contributed by atoms with Crippen LogP contribution in [-0.2, 0) is 5.75 Å². The van der Waals surface area contributed by atoms with Gasteiger partial charge in [-0.3, -0.25) is 0 Å². The van der Waals surface area contributed by atoms with Crippen LogP contribution in [0.1, 0.15) is 24.0 Å². The van der Waals surface area contributed by atoms with E-state index in [1.54, 1.807) is 0 Å². The molecule has 0 heterocycles. The molecule has 3 heteroatoms. The monoisotopic (exact) mass is 251 g/mol. The number of unbranched alkanes of at least 4 members (excludes halogenated alkanes) is 1. The molecule has 0 aliphatic rings. The normalized spacial score (nSPS) is 9.81. The predicted molar refractivity (Wildman–Crippen MR) is 76.5 cm³/mol. The van der Waals surface area contributed by atoms with Crippen LogP contribution in [0.15, 0.2) is 29.3 Å². The number of hydrogen-bond donors (Lipinski definition) is 0. The summed E-state index contributed by atoms with van der Waals surface area (Å²) in [5.41, 5.74) is 2.74.